The second kappa shape index (κ2) is 5.35. The highest BCUT2D eigenvalue weighted by molar-refractivity contribution is 8.13. The molecule has 0 unspecified atom stereocenters. The van der Waals surface area contributed by atoms with Gasteiger partial charge in [0.2, 0.25) is 0 Å². The van der Waals surface area contributed by atoms with Crippen LogP contribution in [-0.2, 0) is 9.05 Å². The van der Waals surface area contributed by atoms with Crippen LogP contribution >= 0.6 is 23.1 Å². The predicted octanol–water partition coefficient (Wildman–Crippen LogP) is 1.43. The van der Waals surface area contributed by atoms with E-state index in [9.17, 15) is 18.0 Å². The van der Waals surface area contributed by atoms with E-state index in [4.69, 9.17) is 20.9 Å². The normalized spacial score (nSPS) is 10.4. The minimum absolute atomic E-state index is 0. The second-order valence-electron chi connectivity index (χ2n) is 2.73. The summed E-state index contributed by atoms with van der Waals surface area (Å²) in [4.78, 5) is 20.8. The molecular weight excluding hydrogens is 295 g/mol. The monoisotopic (exact) mass is 300 g/mol. The third-order valence-corrected chi connectivity index (χ3v) is 3.10. The SMILES string of the molecule is Cl.O=C(O)c1cccc(S(=O)(=O)Cl)c1C(=O)O. The first-order valence-electron chi connectivity index (χ1n) is 3.79. The first-order valence-corrected chi connectivity index (χ1v) is 6.10. The van der Waals surface area contributed by atoms with Gasteiger partial charge in [-0.15, -0.1) is 12.4 Å². The van der Waals surface area contributed by atoms with Crippen LogP contribution in [0.5, 0.6) is 0 Å². The van der Waals surface area contributed by atoms with Gasteiger partial charge in [0.05, 0.1) is 16.0 Å². The number of carbonyl (C=O) groups is 2. The van der Waals surface area contributed by atoms with E-state index in [1.807, 2.05) is 0 Å². The third kappa shape index (κ3) is 3.32. The lowest BCUT2D eigenvalue weighted by Gasteiger charge is -2.05. The number of aromatic carboxylic acids is 2. The first-order chi connectivity index (χ1) is 7.25. The van der Waals surface area contributed by atoms with Gasteiger partial charge in [-0.05, 0) is 12.1 Å². The molecule has 0 aliphatic carbocycles. The zero-order valence-electron chi connectivity index (χ0n) is 7.95. The van der Waals surface area contributed by atoms with Crippen molar-refractivity contribution in [2.45, 2.75) is 4.90 Å². The molecule has 0 heterocycles. The molecule has 1 aromatic rings. The van der Waals surface area contributed by atoms with E-state index in [0.717, 1.165) is 18.2 Å². The largest absolute Gasteiger partial charge is 0.478 e. The summed E-state index contributed by atoms with van der Waals surface area (Å²) in [5.74, 6) is -3.21. The van der Waals surface area contributed by atoms with Crippen LogP contribution in [-0.4, -0.2) is 30.6 Å². The average Bonchev–Trinajstić information content (AvgIpc) is 2.14. The number of hydrogen-bond donors (Lipinski definition) is 2. The second-order valence-corrected chi connectivity index (χ2v) is 5.26. The Morgan fingerprint density at radius 3 is 2.00 bits per heavy atom. The van der Waals surface area contributed by atoms with Gasteiger partial charge in [-0.1, -0.05) is 6.07 Å². The molecule has 0 atom stereocenters. The van der Waals surface area contributed by atoms with E-state index >= 15 is 0 Å². The van der Waals surface area contributed by atoms with Crippen LogP contribution in [0.15, 0.2) is 23.1 Å². The number of hydrogen-bond acceptors (Lipinski definition) is 4. The van der Waals surface area contributed by atoms with Gasteiger partial charge in [0.1, 0.15) is 0 Å². The number of rotatable bonds is 3. The van der Waals surface area contributed by atoms with E-state index in [0.29, 0.717) is 0 Å². The van der Waals surface area contributed by atoms with Gasteiger partial charge >= 0.3 is 11.9 Å². The van der Waals surface area contributed by atoms with Crippen LogP contribution in [0.3, 0.4) is 0 Å². The molecule has 6 nitrogen and oxygen atoms in total. The van der Waals surface area contributed by atoms with Crippen molar-refractivity contribution in [3.63, 3.8) is 0 Å². The van der Waals surface area contributed by atoms with Crippen molar-refractivity contribution in [3.8, 4) is 0 Å². The molecule has 0 fully saturated rings. The van der Waals surface area contributed by atoms with Gasteiger partial charge in [-0.2, -0.15) is 0 Å². The lowest BCUT2D eigenvalue weighted by molar-refractivity contribution is 0.0648. The minimum atomic E-state index is -4.31. The Morgan fingerprint density at radius 2 is 1.65 bits per heavy atom. The van der Waals surface area contributed by atoms with Crippen molar-refractivity contribution in [1.29, 1.82) is 0 Å². The maximum atomic E-state index is 11.0. The van der Waals surface area contributed by atoms with Crippen molar-refractivity contribution in [2.75, 3.05) is 0 Å². The number of carboxylic acid groups (broad SMARTS) is 2. The van der Waals surface area contributed by atoms with Crippen molar-refractivity contribution in [3.05, 3.63) is 29.3 Å². The Bertz CT molecular complexity index is 565. The maximum absolute atomic E-state index is 11.0. The van der Waals surface area contributed by atoms with E-state index in [2.05, 4.69) is 0 Å². The minimum Gasteiger partial charge on any atom is -0.478 e. The third-order valence-electron chi connectivity index (χ3n) is 1.73. The molecule has 0 aliphatic rings. The smallest absolute Gasteiger partial charge is 0.337 e. The molecule has 0 saturated carbocycles. The number of carboxylic acids is 2. The Morgan fingerprint density at radius 1 is 1.12 bits per heavy atom. The van der Waals surface area contributed by atoms with E-state index in [1.54, 1.807) is 0 Å². The Labute approximate surface area is 107 Å². The van der Waals surface area contributed by atoms with Gasteiger partial charge < -0.3 is 10.2 Å². The van der Waals surface area contributed by atoms with E-state index < -0.39 is 37.0 Å². The highest BCUT2D eigenvalue weighted by Gasteiger charge is 2.25. The summed E-state index contributed by atoms with van der Waals surface area (Å²) in [6, 6.07) is 3.01. The molecule has 1 rings (SSSR count). The summed E-state index contributed by atoms with van der Waals surface area (Å²) in [5.41, 5.74) is -1.47. The number of halogens is 2. The fraction of sp³-hybridized carbons (Fsp3) is 0. The Balaban J connectivity index is 0.00000256. The standard InChI is InChI=1S/C8H5ClO6S.ClH/c9-16(14,15)5-3-1-2-4(7(10)11)6(5)8(12)13;/h1-3H,(H,10,11)(H,12,13);1H. The molecule has 0 saturated heterocycles. The molecule has 9 heteroatoms. The lowest BCUT2D eigenvalue weighted by Crippen LogP contribution is -2.12. The molecule has 0 radical (unpaired) electrons. The summed E-state index contributed by atoms with van der Waals surface area (Å²) < 4.78 is 22.1. The molecular formula is C8H6Cl2O6S. The van der Waals surface area contributed by atoms with Crippen molar-refractivity contribution < 1.29 is 28.2 Å². The van der Waals surface area contributed by atoms with Crippen LogP contribution in [0, 0.1) is 0 Å². The quantitative estimate of drug-likeness (QED) is 0.817. The molecule has 17 heavy (non-hydrogen) atoms. The lowest BCUT2D eigenvalue weighted by atomic mass is 10.1. The summed E-state index contributed by atoms with van der Waals surface area (Å²) in [7, 11) is 0.694. The maximum Gasteiger partial charge on any atom is 0.337 e. The van der Waals surface area contributed by atoms with Crippen molar-refractivity contribution in [2.24, 2.45) is 0 Å². The van der Waals surface area contributed by atoms with Crippen molar-refractivity contribution in [1.82, 2.24) is 0 Å². The fourth-order valence-corrected chi connectivity index (χ4v) is 2.20. The molecule has 94 valence electrons. The summed E-state index contributed by atoms with van der Waals surface area (Å²) >= 11 is 0. The Kier molecular flexibility index (Phi) is 4.94. The Hall–Kier alpha value is -1.31. The highest BCUT2D eigenvalue weighted by Crippen LogP contribution is 2.23. The predicted molar refractivity (Wildman–Crippen MR) is 60.6 cm³/mol. The topological polar surface area (TPSA) is 109 Å². The summed E-state index contributed by atoms with van der Waals surface area (Å²) in [6.07, 6.45) is 0. The molecule has 2 N–H and O–H groups in total. The molecule has 0 spiro atoms. The van der Waals surface area contributed by atoms with Crippen LogP contribution in [0.1, 0.15) is 20.7 Å². The van der Waals surface area contributed by atoms with Gasteiger partial charge in [0.15, 0.2) is 0 Å². The number of benzene rings is 1. The van der Waals surface area contributed by atoms with Crippen LogP contribution < -0.4 is 0 Å². The molecule has 0 aromatic heterocycles. The highest BCUT2D eigenvalue weighted by atomic mass is 35.7. The zero-order valence-corrected chi connectivity index (χ0v) is 10.3. The van der Waals surface area contributed by atoms with Crippen LogP contribution in [0.2, 0.25) is 0 Å². The zero-order chi connectivity index (χ0) is 12.5. The summed E-state index contributed by atoms with van der Waals surface area (Å²) in [6.45, 7) is 0. The van der Waals surface area contributed by atoms with Crippen molar-refractivity contribution >= 4 is 44.1 Å². The molecule has 0 aliphatic heterocycles. The summed E-state index contributed by atoms with van der Waals surface area (Å²) in [5, 5.41) is 17.5. The average molecular weight is 301 g/mol. The molecule has 0 bridgehead atoms. The van der Waals surface area contributed by atoms with Crippen LogP contribution in [0.25, 0.3) is 0 Å². The van der Waals surface area contributed by atoms with E-state index in [-0.39, 0.29) is 12.4 Å². The van der Waals surface area contributed by atoms with Gasteiger partial charge in [0.25, 0.3) is 9.05 Å². The van der Waals surface area contributed by atoms with E-state index in [1.165, 1.54) is 0 Å². The van der Waals surface area contributed by atoms with Gasteiger partial charge in [-0.25, -0.2) is 18.0 Å². The molecule has 1 aromatic carbocycles. The van der Waals surface area contributed by atoms with Gasteiger partial charge in [0, 0.05) is 10.7 Å². The first kappa shape index (κ1) is 15.7. The fourth-order valence-electron chi connectivity index (χ4n) is 1.13. The molecule has 0 amide bonds. The van der Waals surface area contributed by atoms with Gasteiger partial charge in [-0.3, -0.25) is 0 Å². The van der Waals surface area contributed by atoms with Crippen LogP contribution in [0.4, 0.5) is 0 Å².